The predicted molar refractivity (Wildman–Crippen MR) is 139 cm³/mol. The summed E-state index contributed by atoms with van der Waals surface area (Å²) < 4.78 is 0. The molecule has 3 amide bonds. The molecule has 2 aliphatic heterocycles. The summed E-state index contributed by atoms with van der Waals surface area (Å²) in [5.41, 5.74) is 3.69. The Balaban J connectivity index is 1.14. The summed E-state index contributed by atoms with van der Waals surface area (Å²) in [6, 6.07) is 15.4. The Labute approximate surface area is 209 Å². The van der Waals surface area contributed by atoms with E-state index < -0.39 is 5.25 Å². The van der Waals surface area contributed by atoms with Crippen LogP contribution in [-0.2, 0) is 22.4 Å². The van der Waals surface area contributed by atoms with Crippen molar-refractivity contribution in [3.05, 3.63) is 65.2 Å². The molecule has 1 saturated heterocycles. The molecular formula is C27H30N4O3S. The summed E-state index contributed by atoms with van der Waals surface area (Å²) in [5.74, 6) is -0.646. The number of benzene rings is 2. The number of hydrogen-bond donors (Lipinski definition) is 2. The van der Waals surface area contributed by atoms with Gasteiger partial charge >= 0.3 is 0 Å². The molecule has 35 heavy (non-hydrogen) atoms. The van der Waals surface area contributed by atoms with Crippen molar-refractivity contribution in [1.29, 1.82) is 0 Å². The number of carbonyl (C=O) groups excluding carboxylic acids is 3. The zero-order chi connectivity index (χ0) is 24.2. The maximum absolute atomic E-state index is 12.9. The fourth-order valence-corrected chi connectivity index (χ4v) is 6.06. The SMILES string of the molecule is O=C(CC1SC(N2CCCCC2)=NC1=O)Nc1cccc(C(=O)NC2CCc3ccccc3C2)c1. The molecule has 7 nitrogen and oxygen atoms in total. The Bertz CT molecular complexity index is 1160. The number of rotatable bonds is 5. The normalized spacial score (nSPS) is 21.8. The molecule has 0 spiro atoms. The number of amides is 3. The summed E-state index contributed by atoms with van der Waals surface area (Å²) in [6.07, 6.45) is 6.18. The molecular weight excluding hydrogens is 460 g/mol. The fourth-order valence-electron chi connectivity index (χ4n) is 4.94. The molecule has 182 valence electrons. The quantitative estimate of drug-likeness (QED) is 0.666. The molecule has 2 heterocycles. The number of anilines is 1. The minimum absolute atomic E-state index is 0.0578. The smallest absolute Gasteiger partial charge is 0.262 e. The van der Waals surface area contributed by atoms with E-state index >= 15 is 0 Å². The summed E-state index contributed by atoms with van der Waals surface area (Å²) >= 11 is 1.39. The van der Waals surface area contributed by atoms with Crippen molar-refractivity contribution in [3.8, 4) is 0 Å². The van der Waals surface area contributed by atoms with Gasteiger partial charge in [0, 0.05) is 36.8 Å². The Kier molecular flexibility index (Phi) is 7.18. The number of fused-ring (bicyclic) bond motifs is 1. The number of amidine groups is 1. The van der Waals surface area contributed by atoms with Crippen LogP contribution in [0.3, 0.4) is 0 Å². The highest BCUT2D eigenvalue weighted by molar-refractivity contribution is 8.15. The Morgan fingerprint density at radius 1 is 1.03 bits per heavy atom. The number of thioether (sulfide) groups is 1. The topological polar surface area (TPSA) is 90.9 Å². The third-order valence-electron chi connectivity index (χ3n) is 6.82. The van der Waals surface area contributed by atoms with E-state index in [4.69, 9.17) is 0 Å². The van der Waals surface area contributed by atoms with E-state index in [0.717, 1.165) is 50.4 Å². The average Bonchev–Trinajstić information content (AvgIpc) is 3.24. The second kappa shape index (κ2) is 10.6. The number of piperidine rings is 1. The van der Waals surface area contributed by atoms with E-state index in [1.807, 2.05) is 6.07 Å². The molecule has 0 bridgehead atoms. The average molecular weight is 491 g/mol. The van der Waals surface area contributed by atoms with Crippen molar-refractivity contribution < 1.29 is 14.4 Å². The van der Waals surface area contributed by atoms with Crippen LogP contribution in [0.2, 0.25) is 0 Å². The van der Waals surface area contributed by atoms with Gasteiger partial charge in [0.2, 0.25) is 5.91 Å². The Morgan fingerprint density at radius 3 is 2.66 bits per heavy atom. The lowest BCUT2D eigenvalue weighted by Gasteiger charge is -2.27. The molecule has 2 aromatic rings. The van der Waals surface area contributed by atoms with Crippen molar-refractivity contribution in [2.75, 3.05) is 18.4 Å². The van der Waals surface area contributed by atoms with Crippen LogP contribution in [0.4, 0.5) is 5.69 Å². The molecule has 2 unspecified atom stereocenters. The maximum Gasteiger partial charge on any atom is 0.262 e. The van der Waals surface area contributed by atoms with Gasteiger partial charge in [0.15, 0.2) is 5.17 Å². The van der Waals surface area contributed by atoms with Crippen LogP contribution >= 0.6 is 11.8 Å². The molecule has 0 saturated carbocycles. The van der Waals surface area contributed by atoms with Gasteiger partial charge in [0.25, 0.3) is 11.8 Å². The van der Waals surface area contributed by atoms with Crippen LogP contribution in [0.15, 0.2) is 53.5 Å². The zero-order valence-corrected chi connectivity index (χ0v) is 20.5. The third-order valence-corrected chi connectivity index (χ3v) is 8.03. The van der Waals surface area contributed by atoms with Crippen LogP contribution in [-0.4, -0.2) is 52.2 Å². The molecule has 1 aliphatic carbocycles. The first kappa shape index (κ1) is 23.6. The molecule has 0 radical (unpaired) electrons. The second-order valence-electron chi connectivity index (χ2n) is 9.40. The van der Waals surface area contributed by atoms with E-state index in [2.05, 4.69) is 38.7 Å². The van der Waals surface area contributed by atoms with Crippen molar-refractivity contribution in [3.63, 3.8) is 0 Å². The summed E-state index contributed by atoms with van der Waals surface area (Å²) in [4.78, 5) is 44.3. The maximum atomic E-state index is 12.9. The van der Waals surface area contributed by atoms with Gasteiger partial charge in [-0.15, -0.1) is 0 Å². The van der Waals surface area contributed by atoms with Gasteiger partial charge in [-0.25, -0.2) is 0 Å². The number of nitrogens with one attached hydrogen (secondary N) is 2. The third kappa shape index (κ3) is 5.75. The van der Waals surface area contributed by atoms with E-state index in [-0.39, 0.29) is 30.2 Å². The van der Waals surface area contributed by atoms with Gasteiger partial charge in [-0.3, -0.25) is 14.4 Å². The highest BCUT2D eigenvalue weighted by Gasteiger charge is 2.33. The molecule has 0 aromatic heterocycles. The minimum atomic E-state index is -0.493. The van der Waals surface area contributed by atoms with Gasteiger partial charge in [0.1, 0.15) is 5.25 Å². The number of aliphatic imine (C=N–C) groups is 1. The molecule has 2 atom stereocenters. The molecule has 1 fully saturated rings. The van der Waals surface area contributed by atoms with Gasteiger partial charge in [-0.2, -0.15) is 4.99 Å². The highest BCUT2D eigenvalue weighted by atomic mass is 32.2. The summed E-state index contributed by atoms with van der Waals surface area (Å²) in [7, 11) is 0. The Hall–Kier alpha value is -3.13. The standard InChI is InChI=1S/C27H30N4O3S/c32-24(17-23-26(34)30-27(35-23)31-13-4-1-5-14-31)28-21-10-6-9-20(16-21)25(33)29-22-12-11-18-7-2-3-8-19(18)15-22/h2-3,6-10,16,22-23H,1,4-5,11-15,17H2,(H,28,32)(H,29,33). The molecule has 2 N–H and O–H groups in total. The lowest BCUT2D eigenvalue weighted by atomic mass is 9.88. The van der Waals surface area contributed by atoms with E-state index in [1.54, 1.807) is 24.3 Å². The summed E-state index contributed by atoms with van der Waals surface area (Å²) in [5, 5.41) is 6.24. The number of likely N-dealkylation sites (tertiary alicyclic amines) is 1. The number of carbonyl (C=O) groups is 3. The first-order valence-electron chi connectivity index (χ1n) is 12.4. The van der Waals surface area contributed by atoms with E-state index in [1.165, 1.54) is 29.3 Å². The van der Waals surface area contributed by atoms with Crippen LogP contribution in [0, 0.1) is 0 Å². The van der Waals surface area contributed by atoms with Gasteiger partial charge < -0.3 is 15.5 Å². The molecule has 8 heteroatoms. The van der Waals surface area contributed by atoms with Crippen LogP contribution < -0.4 is 10.6 Å². The zero-order valence-electron chi connectivity index (χ0n) is 19.7. The monoisotopic (exact) mass is 490 g/mol. The number of nitrogens with zero attached hydrogens (tertiary/aromatic N) is 2. The van der Waals surface area contributed by atoms with Crippen molar-refractivity contribution in [2.24, 2.45) is 4.99 Å². The van der Waals surface area contributed by atoms with Crippen LogP contribution in [0.1, 0.15) is 53.6 Å². The van der Waals surface area contributed by atoms with Crippen molar-refractivity contribution in [2.45, 2.75) is 56.2 Å². The van der Waals surface area contributed by atoms with Crippen LogP contribution in [0.5, 0.6) is 0 Å². The molecule has 3 aliphatic rings. The van der Waals surface area contributed by atoms with Gasteiger partial charge in [-0.05, 0) is 67.9 Å². The van der Waals surface area contributed by atoms with Gasteiger partial charge in [0.05, 0.1) is 0 Å². The van der Waals surface area contributed by atoms with E-state index in [9.17, 15) is 14.4 Å². The first-order chi connectivity index (χ1) is 17.0. The first-order valence-corrected chi connectivity index (χ1v) is 13.2. The lowest BCUT2D eigenvalue weighted by molar-refractivity contribution is -0.121. The van der Waals surface area contributed by atoms with E-state index in [0.29, 0.717) is 11.3 Å². The second-order valence-corrected chi connectivity index (χ2v) is 10.6. The molecule has 5 rings (SSSR count). The fraction of sp³-hybridized carbons (Fsp3) is 0.407. The number of aryl methyl sites for hydroxylation is 1. The largest absolute Gasteiger partial charge is 0.351 e. The van der Waals surface area contributed by atoms with Gasteiger partial charge in [-0.1, -0.05) is 42.1 Å². The lowest BCUT2D eigenvalue weighted by Crippen LogP contribution is -2.38. The van der Waals surface area contributed by atoms with Crippen molar-refractivity contribution in [1.82, 2.24) is 10.2 Å². The number of hydrogen-bond acceptors (Lipinski definition) is 5. The molecule has 2 aromatic carbocycles. The predicted octanol–water partition coefficient (Wildman–Crippen LogP) is 3.79. The summed E-state index contributed by atoms with van der Waals surface area (Å²) in [6.45, 7) is 1.83. The van der Waals surface area contributed by atoms with Crippen molar-refractivity contribution >= 4 is 40.3 Å². The highest BCUT2D eigenvalue weighted by Crippen LogP contribution is 2.29. The van der Waals surface area contributed by atoms with Crippen LogP contribution in [0.25, 0.3) is 0 Å². The minimum Gasteiger partial charge on any atom is -0.351 e. The Morgan fingerprint density at radius 2 is 1.83 bits per heavy atom.